The molecule has 25 heavy (non-hydrogen) atoms. The zero-order chi connectivity index (χ0) is 17.5. The van der Waals surface area contributed by atoms with Crippen LogP contribution in [0.1, 0.15) is 11.1 Å². The Morgan fingerprint density at radius 3 is 2.44 bits per heavy atom. The monoisotopic (exact) mass is 349 g/mol. The van der Waals surface area contributed by atoms with E-state index in [1.54, 1.807) is 17.2 Å². The van der Waals surface area contributed by atoms with Crippen molar-refractivity contribution in [2.45, 2.75) is 11.7 Å². The molecule has 126 valence electrons. The third-order valence-corrected chi connectivity index (χ3v) is 4.91. The van der Waals surface area contributed by atoms with E-state index in [4.69, 9.17) is 0 Å². The topological polar surface area (TPSA) is 45.0 Å². The lowest BCUT2D eigenvalue weighted by atomic mass is 10.1. The highest BCUT2D eigenvalue weighted by molar-refractivity contribution is 8.15. The zero-order valence-electron chi connectivity index (χ0n) is 13.8. The minimum absolute atomic E-state index is 0.0578. The summed E-state index contributed by atoms with van der Waals surface area (Å²) in [6.07, 6.45) is 4.08. The van der Waals surface area contributed by atoms with Gasteiger partial charge in [-0.15, -0.1) is 11.7 Å². The molecule has 1 heterocycles. The molecular formula is C20H19N3OS. The molecule has 1 fully saturated rings. The van der Waals surface area contributed by atoms with Gasteiger partial charge in [0.15, 0.2) is 5.17 Å². The Labute approximate surface area is 152 Å². The van der Waals surface area contributed by atoms with Gasteiger partial charge in [0.1, 0.15) is 0 Å². The quantitative estimate of drug-likeness (QED) is 0.453. The number of rotatable bonds is 6. The van der Waals surface area contributed by atoms with Crippen LogP contribution in [0, 0.1) is 0 Å². The minimum Gasteiger partial charge on any atom is -0.285 e. The van der Waals surface area contributed by atoms with E-state index in [2.05, 4.69) is 16.8 Å². The van der Waals surface area contributed by atoms with Crippen molar-refractivity contribution in [2.75, 3.05) is 6.54 Å². The average molecular weight is 349 g/mol. The zero-order valence-corrected chi connectivity index (χ0v) is 14.6. The van der Waals surface area contributed by atoms with Crippen molar-refractivity contribution >= 4 is 29.1 Å². The maximum Gasteiger partial charge on any atom is 0.242 e. The lowest BCUT2D eigenvalue weighted by molar-refractivity contribution is -0.125. The van der Waals surface area contributed by atoms with Crippen LogP contribution in [0.15, 0.2) is 83.5 Å². The van der Waals surface area contributed by atoms with Gasteiger partial charge in [0.05, 0.1) is 11.5 Å². The van der Waals surface area contributed by atoms with Crippen molar-refractivity contribution in [3.63, 3.8) is 0 Å². The molecule has 2 aromatic carbocycles. The molecule has 1 saturated heterocycles. The van der Waals surface area contributed by atoms with Gasteiger partial charge in [-0.1, -0.05) is 78.5 Å². The number of carbonyl (C=O) groups excluding carboxylic acids is 1. The number of nitrogens with zero attached hydrogens (tertiary/aromatic N) is 3. The number of carbonyl (C=O) groups is 1. The van der Waals surface area contributed by atoms with Gasteiger partial charge in [0, 0.05) is 6.54 Å². The first-order valence-electron chi connectivity index (χ1n) is 8.07. The van der Waals surface area contributed by atoms with Crippen molar-refractivity contribution in [3.8, 4) is 0 Å². The Morgan fingerprint density at radius 1 is 1.08 bits per heavy atom. The summed E-state index contributed by atoms with van der Waals surface area (Å²) in [5, 5.41) is 8.86. The SMILES string of the molecule is C=CCN1C(=O)C(Cc2ccccc2)S/C1=N\N=C\c1ccccc1. The van der Waals surface area contributed by atoms with E-state index in [1.807, 2.05) is 60.7 Å². The van der Waals surface area contributed by atoms with Crippen molar-refractivity contribution < 1.29 is 4.79 Å². The standard InChI is InChI=1S/C20H19N3OS/c1-2-13-23-19(24)18(14-16-9-5-3-6-10-16)25-20(23)22-21-15-17-11-7-4-8-12-17/h2-12,15,18H,1,13-14H2/b21-15+,22-20-. The van der Waals surface area contributed by atoms with E-state index < -0.39 is 0 Å². The summed E-state index contributed by atoms with van der Waals surface area (Å²) in [6, 6.07) is 19.8. The van der Waals surface area contributed by atoms with Gasteiger partial charge in [-0.25, -0.2) is 0 Å². The summed E-state index contributed by atoms with van der Waals surface area (Å²) in [6.45, 7) is 4.17. The highest BCUT2D eigenvalue weighted by Gasteiger charge is 2.37. The molecule has 0 aromatic heterocycles. The van der Waals surface area contributed by atoms with Crippen molar-refractivity contribution in [1.29, 1.82) is 0 Å². The summed E-state index contributed by atoms with van der Waals surface area (Å²) in [4.78, 5) is 14.3. The largest absolute Gasteiger partial charge is 0.285 e. The van der Waals surface area contributed by atoms with E-state index in [0.717, 1.165) is 11.1 Å². The van der Waals surface area contributed by atoms with Crippen molar-refractivity contribution in [2.24, 2.45) is 10.2 Å². The van der Waals surface area contributed by atoms with Crippen molar-refractivity contribution in [1.82, 2.24) is 4.90 Å². The number of hydrogen-bond donors (Lipinski definition) is 0. The molecule has 1 aliphatic rings. The molecule has 0 bridgehead atoms. The number of amidine groups is 1. The molecule has 0 aliphatic carbocycles. The summed E-state index contributed by atoms with van der Waals surface area (Å²) < 4.78 is 0. The van der Waals surface area contributed by atoms with Crippen LogP contribution in [0.4, 0.5) is 0 Å². The van der Waals surface area contributed by atoms with Gasteiger partial charge < -0.3 is 0 Å². The number of thioether (sulfide) groups is 1. The van der Waals surface area contributed by atoms with Crippen LogP contribution in [-0.2, 0) is 11.2 Å². The first-order chi connectivity index (χ1) is 12.3. The Balaban J connectivity index is 1.75. The summed E-state index contributed by atoms with van der Waals surface area (Å²) in [5.74, 6) is 0.0578. The minimum atomic E-state index is -0.173. The Bertz CT molecular complexity index is 787. The van der Waals surface area contributed by atoms with E-state index >= 15 is 0 Å². The smallest absolute Gasteiger partial charge is 0.242 e. The fourth-order valence-electron chi connectivity index (χ4n) is 2.53. The third-order valence-electron chi connectivity index (χ3n) is 3.75. The number of amides is 1. The molecule has 3 rings (SSSR count). The summed E-state index contributed by atoms with van der Waals surface area (Å²) in [5.41, 5.74) is 2.11. The van der Waals surface area contributed by atoms with Gasteiger partial charge in [-0.2, -0.15) is 5.10 Å². The van der Waals surface area contributed by atoms with E-state index in [0.29, 0.717) is 18.1 Å². The van der Waals surface area contributed by atoms with Crippen LogP contribution in [0.2, 0.25) is 0 Å². The summed E-state index contributed by atoms with van der Waals surface area (Å²) in [7, 11) is 0. The fourth-order valence-corrected chi connectivity index (χ4v) is 3.67. The van der Waals surface area contributed by atoms with Crippen LogP contribution < -0.4 is 0 Å². The van der Waals surface area contributed by atoms with Crippen LogP contribution in [0.5, 0.6) is 0 Å². The first-order valence-corrected chi connectivity index (χ1v) is 8.95. The van der Waals surface area contributed by atoms with Gasteiger partial charge in [0.25, 0.3) is 0 Å². The van der Waals surface area contributed by atoms with Crippen molar-refractivity contribution in [3.05, 3.63) is 84.4 Å². The molecule has 2 aromatic rings. The van der Waals surface area contributed by atoms with Gasteiger partial charge in [0.2, 0.25) is 5.91 Å². The van der Waals surface area contributed by atoms with Crippen LogP contribution in [-0.4, -0.2) is 34.0 Å². The Morgan fingerprint density at radius 2 is 1.76 bits per heavy atom. The van der Waals surface area contributed by atoms with E-state index in [9.17, 15) is 4.79 Å². The predicted molar refractivity (Wildman–Crippen MR) is 105 cm³/mol. The Kier molecular flexibility index (Phi) is 5.80. The van der Waals surface area contributed by atoms with E-state index in [1.165, 1.54) is 11.8 Å². The molecule has 1 unspecified atom stereocenters. The lowest BCUT2D eigenvalue weighted by Gasteiger charge is -2.12. The molecule has 0 radical (unpaired) electrons. The van der Waals surface area contributed by atoms with Gasteiger partial charge in [-0.05, 0) is 17.5 Å². The molecule has 1 atom stereocenters. The van der Waals surface area contributed by atoms with Gasteiger partial charge >= 0.3 is 0 Å². The first kappa shape index (κ1) is 17.2. The highest BCUT2D eigenvalue weighted by atomic mass is 32.2. The second-order valence-corrected chi connectivity index (χ2v) is 6.74. The molecule has 0 spiro atoms. The van der Waals surface area contributed by atoms with Crippen LogP contribution in [0.25, 0.3) is 0 Å². The molecule has 4 nitrogen and oxygen atoms in total. The maximum absolute atomic E-state index is 12.7. The molecule has 1 aliphatic heterocycles. The van der Waals surface area contributed by atoms with Gasteiger partial charge in [-0.3, -0.25) is 9.69 Å². The molecule has 1 amide bonds. The second kappa shape index (κ2) is 8.44. The highest BCUT2D eigenvalue weighted by Crippen LogP contribution is 2.29. The molecule has 5 heteroatoms. The van der Waals surface area contributed by atoms with Crippen LogP contribution in [0.3, 0.4) is 0 Å². The third kappa shape index (κ3) is 4.45. The lowest BCUT2D eigenvalue weighted by Crippen LogP contribution is -2.32. The molecular weight excluding hydrogens is 330 g/mol. The number of benzene rings is 2. The normalized spacial score (nSPS) is 19.0. The number of hydrogen-bond acceptors (Lipinski definition) is 4. The maximum atomic E-state index is 12.7. The fraction of sp³-hybridized carbons (Fsp3) is 0.150. The average Bonchev–Trinajstić information content (AvgIpc) is 2.93. The van der Waals surface area contributed by atoms with E-state index in [-0.39, 0.29) is 11.2 Å². The Hall–Kier alpha value is -2.66. The molecule has 0 N–H and O–H groups in total. The predicted octanol–water partition coefficient (Wildman–Crippen LogP) is 3.75. The summed E-state index contributed by atoms with van der Waals surface area (Å²) >= 11 is 1.46. The molecule has 0 saturated carbocycles. The second-order valence-electron chi connectivity index (χ2n) is 5.57. The van der Waals surface area contributed by atoms with Crippen LogP contribution >= 0.6 is 11.8 Å².